The van der Waals surface area contributed by atoms with Crippen LogP contribution in [0, 0.1) is 5.82 Å². The molecule has 6 nitrogen and oxygen atoms in total. The lowest BCUT2D eigenvalue weighted by atomic mass is 9.89. The van der Waals surface area contributed by atoms with Crippen molar-refractivity contribution in [3.05, 3.63) is 66.7 Å². The Bertz CT molecular complexity index is 1190. The van der Waals surface area contributed by atoms with Crippen molar-refractivity contribution < 1.29 is 4.39 Å². The van der Waals surface area contributed by atoms with Crippen LogP contribution in [-0.2, 0) is 0 Å². The summed E-state index contributed by atoms with van der Waals surface area (Å²) in [5.74, 6) is 1.19. The minimum Gasteiger partial charge on any atom is -0.348 e. The van der Waals surface area contributed by atoms with Gasteiger partial charge in [-0.05, 0) is 42.8 Å². The van der Waals surface area contributed by atoms with E-state index in [9.17, 15) is 4.39 Å². The number of piperazine rings is 1. The number of piperidine rings is 1. The summed E-state index contributed by atoms with van der Waals surface area (Å²) < 4.78 is 16.5. The van der Waals surface area contributed by atoms with Gasteiger partial charge in [-0.15, -0.1) is 0 Å². The van der Waals surface area contributed by atoms with E-state index in [2.05, 4.69) is 15.2 Å². The van der Waals surface area contributed by atoms with E-state index in [-0.39, 0.29) is 5.82 Å². The Morgan fingerprint density at radius 3 is 2.48 bits per heavy atom. The molecule has 2 saturated heterocycles. The van der Waals surface area contributed by atoms with Crippen LogP contribution in [0.2, 0.25) is 0 Å². The van der Waals surface area contributed by atoms with Crippen molar-refractivity contribution in [2.45, 2.75) is 18.5 Å². The zero-order valence-electron chi connectivity index (χ0n) is 15.7. The highest BCUT2D eigenvalue weighted by atomic mass is 19.1. The van der Waals surface area contributed by atoms with Gasteiger partial charge in [-0.25, -0.2) is 14.4 Å². The fourth-order valence-electron chi connectivity index (χ4n) is 4.51. The lowest BCUT2D eigenvalue weighted by Gasteiger charge is -2.53. The molecule has 0 spiro atoms. The van der Waals surface area contributed by atoms with Crippen LogP contribution >= 0.6 is 0 Å². The number of hydrogen-bond acceptors (Lipinski definition) is 5. The number of anilines is 1. The molecule has 0 radical (unpaired) electrons. The van der Waals surface area contributed by atoms with Gasteiger partial charge in [-0.2, -0.15) is 0 Å². The maximum Gasteiger partial charge on any atom is 0.167 e. The first-order valence-electron chi connectivity index (χ1n) is 9.83. The van der Waals surface area contributed by atoms with Crippen molar-refractivity contribution >= 4 is 17.0 Å². The topological polar surface area (TPSA) is 58.9 Å². The van der Waals surface area contributed by atoms with Crippen molar-refractivity contribution in [2.24, 2.45) is 0 Å². The Kier molecular flexibility index (Phi) is 3.64. The van der Waals surface area contributed by atoms with Gasteiger partial charge in [0.15, 0.2) is 5.65 Å². The molecule has 0 amide bonds. The molecular weight excluding hydrogens is 367 g/mol. The summed E-state index contributed by atoms with van der Waals surface area (Å²) in [6.45, 7) is 1.97. The highest BCUT2D eigenvalue weighted by molar-refractivity contribution is 5.82. The second-order valence-electron chi connectivity index (χ2n) is 7.58. The summed E-state index contributed by atoms with van der Waals surface area (Å²) in [6, 6.07) is 15.5. The maximum absolute atomic E-state index is 14.6. The van der Waals surface area contributed by atoms with E-state index in [4.69, 9.17) is 9.97 Å². The van der Waals surface area contributed by atoms with Crippen molar-refractivity contribution in [2.75, 3.05) is 18.0 Å². The molecule has 2 bridgehead atoms. The Hall–Kier alpha value is -3.32. The maximum atomic E-state index is 14.6. The fraction of sp³-hybridized carbons (Fsp3) is 0.227. The summed E-state index contributed by atoms with van der Waals surface area (Å²) in [5, 5.41) is 3.45. The first-order valence-corrected chi connectivity index (χ1v) is 9.83. The van der Waals surface area contributed by atoms with Crippen LogP contribution in [-0.4, -0.2) is 44.7 Å². The predicted molar refractivity (Wildman–Crippen MR) is 110 cm³/mol. The molecule has 144 valence electrons. The standard InChI is InChI=1S/C22H19FN6/c23-18-4-2-1-3-17(18)21-26-19-5-6-20(28-15-11-16(28)13-25-12-15)27-22(19)29(21)14-7-9-24-10-8-14/h1-10,15-16,25H,11-13H2. The Balaban J connectivity index is 1.58. The molecular formula is C22H19FN6. The molecule has 2 unspecified atom stereocenters. The van der Waals surface area contributed by atoms with Gasteiger partial charge in [0.2, 0.25) is 0 Å². The highest BCUT2D eigenvalue weighted by Crippen LogP contribution is 2.35. The second-order valence-corrected chi connectivity index (χ2v) is 7.58. The molecule has 7 heteroatoms. The molecule has 2 fully saturated rings. The number of aromatic nitrogens is 4. The predicted octanol–water partition coefficient (Wildman–Crippen LogP) is 3.17. The molecule has 5 heterocycles. The third-order valence-electron chi connectivity index (χ3n) is 5.88. The number of benzene rings is 1. The normalized spacial score (nSPS) is 20.7. The number of nitrogens with zero attached hydrogens (tertiary/aromatic N) is 5. The lowest BCUT2D eigenvalue weighted by molar-refractivity contribution is 0.261. The smallest absolute Gasteiger partial charge is 0.167 e. The van der Waals surface area contributed by atoms with Crippen LogP contribution < -0.4 is 10.2 Å². The molecule has 1 N–H and O–H groups in total. The van der Waals surface area contributed by atoms with Crippen LogP contribution in [0.25, 0.3) is 28.2 Å². The summed E-state index contributed by atoms with van der Waals surface area (Å²) in [6.07, 6.45) is 4.65. The van der Waals surface area contributed by atoms with Gasteiger partial charge in [0.05, 0.1) is 11.3 Å². The first kappa shape index (κ1) is 16.6. The lowest BCUT2D eigenvalue weighted by Crippen LogP contribution is -2.68. The molecule has 2 atom stereocenters. The van der Waals surface area contributed by atoms with Gasteiger partial charge in [0.1, 0.15) is 23.0 Å². The van der Waals surface area contributed by atoms with E-state index in [1.54, 1.807) is 24.5 Å². The van der Waals surface area contributed by atoms with Gasteiger partial charge in [-0.3, -0.25) is 9.55 Å². The van der Waals surface area contributed by atoms with E-state index >= 15 is 0 Å². The van der Waals surface area contributed by atoms with Crippen LogP contribution in [0.1, 0.15) is 6.42 Å². The van der Waals surface area contributed by atoms with E-state index in [1.165, 1.54) is 12.5 Å². The molecule has 3 aromatic heterocycles. The minimum atomic E-state index is -0.304. The van der Waals surface area contributed by atoms with Crippen molar-refractivity contribution in [3.63, 3.8) is 0 Å². The number of halogens is 1. The average molecular weight is 386 g/mol. The van der Waals surface area contributed by atoms with Crippen molar-refractivity contribution in [1.29, 1.82) is 0 Å². The van der Waals surface area contributed by atoms with Crippen molar-refractivity contribution in [1.82, 2.24) is 24.8 Å². The first-order chi connectivity index (χ1) is 14.3. The Morgan fingerprint density at radius 1 is 0.931 bits per heavy atom. The molecule has 2 aliphatic heterocycles. The third-order valence-corrected chi connectivity index (χ3v) is 5.88. The second kappa shape index (κ2) is 6.35. The molecule has 0 saturated carbocycles. The van der Waals surface area contributed by atoms with E-state index < -0.39 is 0 Å². The molecule has 2 aliphatic rings. The summed E-state index contributed by atoms with van der Waals surface area (Å²) in [7, 11) is 0. The Labute approximate surface area is 167 Å². The SMILES string of the molecule is Fc1ccccc1-c1nc2ccc(N3C4CNCC3C4)nc2n1-c1ccncc1. The average Bonchev–Trinajstić information content (AvgIpc) is 3.14. The van der Waals surface area contributed by atoms with E-state index in [1.807, 2.05) is 34.9 Å². The van der Waals surface area contributed by atoms with Gasteiger partial charge in [0, 0.05) is 37.6 Å². The summed E-state index contributed by atoms with van der Waals surface area (Å²) in [4.78, 5) is 16.2. The van der Waals surface area contributed by atoms with E-state index in [0.29, 0.717) is 23.5 Å². The number of pyridine rings is 2. The summed E-state index contributed by atoms with van der Waals surface area (Å²) >= 11 is 0. The van der Waals surface area contributed by atoms with Crippen LogP contribution in [0.4, 0.5) is 10.2 Å². The molecule has 1 aromatic carbocycles. The number of imidazole rings is 1. The van der Waals surface area contributed by atoms with Gasteiger partial charge in [-0.1, -0.05) is 12.1 Å². The van der Waals surface area contributed by atoms with Gasteiger partial charge >= 0.3 is 0 Å². The summed E-state index contributed by atoms with van der Waals surface area (Å²) in [5.41, 5.74) is 2.78. The molecule has 0 aliphatic carbocycles. The highest BCUT2D eigenvalue weighted by Gasteiger charge is 2.42. The molecule has 4 aromatic rings. The molecule has 6 rings (SSSR count). The number of fused-ring (bicyclic) bond motifs is 3. The van der Waals surface area contributed by atoms with Crippen LogP contribution in [0.15, 0.2) is 60.9 Å². The quantitative estimate of drug-likeness (QED) is 0.586. The van der Waals surface area contributed by atoms with Crippen LogP contribution in [0.5, 0.6) is 0 Å². The zero-order valence-corrected chi connectivity index (χ0v) is 15.7. The fourth-order valence-corrected chi connectivity index (χ4v) is 4.51. The van der Waals surface area contributed by atoms with Crippen LogP contribution in [0.3, 0.4) is 0 Å². The number of nitrogens with one attached hydrogen (secondary N) is 1. The van der Waals surface area contributed by atoms with Gasteiger partial charge in [0.25, 0.3) is 0 Å². The van der Waals surface area contributed by atoms with E-state index in [0.717, 1.165) is 35.8 Å². The third kappa shape index (κ3) is 2.54. The largest absolute Gasteiger partial charge is 0.348 e. The van der Waals surface area contributed by atoms with Crippen molar-refractivity contribution in [3.8, 4) is 17.1 Å². The monoisotopic (exact) mass is 386 g/mol. The number of rotatable bonds is 3. The minimum absolute atomic E-state index is 0.304. The number of hydrogen-bond donors (Lipinski definition) is 1. The zero-order chi connectivity index (χ0) is 19.4. The Morgan fingerprint density at radius 2 is 1.72 bits per heavy atom. The van der Waals surface area contributed by atoms with Gasteiger partial charge < -0.3 is 10.2 Å². The molecule has 29 heavy (non-hydrogen) atoms.